The molecule has 1 amide bonds. The minimum Gasteiger partial charge on any atom is -0.368 e. The Labute approximate surface area is 174 Å². The van der Waals surface area contributed by atoms with E-state index >= 15 is 0 Å². The number of pyridine rings is 1. The number of benzene rings is 1. The molecular weight excluding hydrogens is 360 g/mol. The average Bonchev–Trinajstić information content (AvgIpc) is 2.74. The van der Waals surface area contributed by atoms with E-state index in [2.05, 4.69) is 47.7 Å². The van der Waals surface area contributed by atoms with Gasteiger partial charge in [-0.1, -0.05) is 23.8 Å². The van der Waals surface area contributed by atoms with E-state index in [4.69, 9.17) is 5.73 Å². The minimum absolute atomic E-state index is 0.300. The van der Waals surface area contributed by atoms with Crippen molar-refractivity contribution in [1.29, 1.82) is 0 Å². The predicted octanol–water partition coefficient (Wildman–Crippen LogP) is 2.99. The number of hydrogen-bond acceptors (Lipinski definition) is 4. The Kier molecular flexibility index (Phi) is 7.40. The van der Waals surface area contributed by atoms with Crippen molar-refractivity contribution in [2.45, 2.75) is 51.5 Å². The molecule has 3 rings (SSSR count). The largest absolute Gasteiger partial charge is 0.368 e. The van der Waals surface area contributed by atoms with Crippen LogP contribution in [0, 0.1) is 19.8 Å². The fraction of sp³-hybridized carbons (Fsp3) is 0.500. The van der Waals surface area contributed by atoms with Crippen LogP contribution in [0.15, 0.2) is 42.7 Å². The second-order valence-electron chi connectivity index (χ2n) is 8.35. The van der Waals surface area contributed by atoms with Gasteiger partial charge in [-0.3, -0.25) is 15.1 Å². The minimum atomic E-state index is -0.869. The lowest BCUT2D eigenvalue weighted by Gasteiger charge is -2.35. The smallest absolute Gasteiger partial charge is 0.242 e. The molecule has 5 nitrogen and oxygen atoms in total. The van der Waals surface area contributed by atoms with Crippen molar-refractivity contribution in [3.63, 3.8) is 0 Å². The molecule has 0 radical (unpaired) electrons. The number of carbonyl (C=O) groups excluding carboxylic acids is 1. The third-order valence-corrected chi connectivity index (χ3v) is 6.25. The van der Waals surface area contributed by atoms with Crippen LogP contribution in [0.5, 0.6) is 0 Å². The van der Waals surface area contributed by atoms with Crippen molar-refractivity contribution in [3.05, 3.63) is 65.0 Å². The number of aryl methyl sites for hydroxylation is 3. The normalized spacial score (nSPS) is 17.0. The maximum atomic E-state index is 12.9. The Hall–Kier alpha value is -2.24. The first-order chi connectivity index (χ1) is 14.0. The third kappa shape index (κ3) is 5.43. The van der Waals surface area contributed by atoms with Crippen LogP contribution in [0.3, 0.4) is 0 Å². The van der Waals surface area contributed by atoms with Crippen LogP contribution in [0.1, 0.15) is 47.9 Å². The Morgan fingerprint density at radius 3 is 2.62 bits per heavy atom. The molecule has 1 unspecified atom stereocenters. The molecule has 0 saturated carbocycles. The second kappa shape index (κ2) is 9.99. The number of aromatic nitrogens is 1. The van der Waals surface area contributed by atoms with Crippen LogP contribution < -0.4 is 16.4 Å². The van der Waals surface area contributed by atoms with Crippen LogP contribution in [0.2, 0.25) is 0 Å². The summed E-state index contributed by atoms with van der Waals surface area (Å²) in [6.07, 6.45) is 8.45. The Balaban J connectivity index is 1.84. The Morgan fingerprint density at radius 1 is 1.21 bits per heavy atom. The maximum absolute atomic E-state index is 12.9. The van der Waals surface area contributed by atoms with Crippen LogP contribution >= 0.6 is 0 Å². The summed E-state index contributed by atoms with van der Waals surface area (Å²) in [5, 5.41) is 7.04. The lowest BCUT2D eigenvalue weighted by Crippen LogP contribution is -2.54. The highest BCUT2D eigenvalue weighted by Gasteiger charge is 2.39. The molecule has 1 aliphatic rings. The fourth-order valence-electron chi connectivity index (χ4n) is 4.40. The molecule has 1 fully saturated rings. The number of piperidine rings is 1. The molecule has 2 heterocycles. The first-order valence-electron chi connectivity index (χ1n) is 10.7. The lowest BCUT2D eigenvalue weighted by atomic mass is 9.80. The molecule has 0 aliphatic carbocycles. The molecule has 1 aromatic carbocycles. The highest BCUT2D eigenvalue weighted by molar-refractivity contribution is 5.86. The second-order valence-corrected chi connectivity index (χ2v) is 8.35. The number of primary amides is 1. The number of rotatable bonds is 9. The van der Waals surface area contributed by atoms with Gasteiger partial charge in [-0.2, -0.15) is 0 Å². The van der Waals surface area contributed by atoms with Gasteiger partial charge >= 0.3 is 0 Å². The highest BCUT2D eigenvalue weighted by atomic mass is 16.1. The summed E-state index contributed by atoms with van der Waals surface area (Å²) in [6, 6.07) is 10.3. The third-order valence-electron chi connectivity index (χ3n) is 6.25. The zero-order valence-corrected chi connectivity index (χ0v) is 17.7. The Bertz CT molecular complexity index is 802. The zero-order valence-electron chi connectivity index (χ0n) is 17.7. The van der Waals surface area contributed by atoms with Crippen molar-refractivity contribution in [2.24, 2.45) is 11.7 Å². The number of carbonyl (C=O) groups is 1. The summed E-state index contributed by atoms with van der Waals surface area (Å²) in [7, 11) is 0. The number of amides is 1. The maximum Gasteiger partial charge on any atom is 0.242 e. The molecule has 1 saturated heterocycles. The number of hydrogen-bond donors (Lipinski definition) is 3. The lowest BCUT2D eigenvalue weighted by molar-refractivity contribution is -0.125. The van der Waals surface area contributed by atoms with Crippen LogP contribution in [-0.2, 0) is 16.8 Å². The molecule has 156 valence electrons. The summed E-state index contributed by atoms with van der Waals surface area (Å²) < 4.78 is 0. The van der Waals surface area contributed by atoms with Gasteiger partial charge in [-0.25, -0.2) is 0 Å². The van der Waals surface area contributed by atoms with Crippen molar-refractivity contribution in [2.75, 3.05) is 19.6 Å². The Morgan fingerprint density at radius 2 is 1.93 bits per heavy atom. The summed E-state index contributed by atoms with van der Waals surface area (Å²) in [5.74, 6) is 0.402. The highest BCUT2D eigenvalue weighted by Crippen LogP contribution is 2.31. The number of nitrogens with two attached hydrogens (primary N) is 1. The summed E-state index contributed by atoms with van der Waals surface area (Å²) >= 11 is 0. The van der Waals surface area contributed by atoms with E-state index in [9.17, 15) is 4.79 Å². The van der Waals surface area contributed by atoms with E-state index in [0.717, 1.165) is 54.7 Å². The van der Waals surface area contributed by atoms with Crippen LogP contribution in [0.25, 0.3) is 0 Å². The van der Waals surface area contributed by atoms with E-state index in [-0.39, 0.29) is 5.91 Å². The van der Waals surface area contributed by atoms with Gasteiger partial charge < -0.3 is 11.1 Å². The topological polar surface area (TPSA) is 80.0 Å². The van der Waals surface area contributed by atoms with Crippen LogP contribution in [-0.4, -0.2) is 30.5 Å². The zero-order chi connectivity index (χ0) is 20.7. The molecule has 29 heavy (non-hydrogen) atoms. The van der Waals surface area contributed by atoms with Crippen molar-refractivity contribution in [3.8, 4) is 0 Å². The van der Waals surface area contributed by atoms with Gasteiger partial charge in [0.1, 0.15) is 5.54 Å². The van der Waals surface area contributed by atoms with Gasteiger partial charge in [0.05, 0.1) is 0 Å². The molecular formula is C24H34N4O. The van der Waals surface area contributed by atoms with Gasteiger partial charge in [0.25, 0.3) is 0 Å². The van der Waals surface area contributed by atoms with Gasteiger partial charge in [0.2, 0.25) is 5.91 Å². The summed E-state index contributed by atoms with van der Waals surface area (Å²) in [5.41, 5.74) is 9.62. The quantitative estimate of drug-likeness (QED) is 0.611. The van der Waals surface area contributed by atoms with E-state index in [1.54, 1.807) is 12.4 Å². The predicted molar refractivity (Wildman–Crippen MR) is 118 cm³/mol. The molecule has 1 atom stereocenters. The SMILES string of the molecule is Cc1ccc(C)c(C(CCc2ccncc2)(NCCC2CCNCC2)C(N)=O)c1. The molecule has 1 aromatic heterocycles. The number of nitrogens with one attached hydrogen (secondary N) is 2. The van der Waals surface area contributed by atoms with E-state index in [1.165, 1.54) is 12.8 Å². The van der Waals surface area contributed by atoms with E-state index in [1.807, 2.05) is 12.1 Å². The van der Waals surface area contributed by atoms with Crippen LogP contribution in [0.4, 0.5) is 0 Å². The van der Waals surface area contributed by atoms with Crippen molar-refractivity contribution >= 4 is 5.91 Å². The molecule has 4 N–H and O–H groups in total. The molecule has 5 heteroatoms. The van der Waals surface area contributed by atoms with Gasteiger partial charge in [-0.05, 0) is 100 Å². The van der Waals surface area contributed by atoms with E-state index < -0.39 is 5.54 Å². The van der Waals surface area contributed by atoms with Crippen molar-refractivity contribution < 1.29 is 4.79 Å². The molecule has 0 spiro atoms. The molecule has 2 aromatic rings. The first-order valence-corrected chi connectivity index (χ1v) is 10.7. The van der Waals surface area contributed by atoms with E-state index in [0.29, 0.717) is 12.3 Å². The van der Waals surface area contributed by atoms with Gasteiger partial charge in [-0.15, -0.1) is 0 Å². The monoisotopic (exact) mass is 394 g/mol. The van der Waals surface area contributed by atoms with Gasteiger partial charge in [0, 0.05) is 12.4 Å². The van der Waals surface area contributed by atoms with Gasteiger partial charge in [0.15, 0.2) is 0 Å². The van der Waals surface area contributed by atoms with Crippen molar-refractivity contribution in [1.82, 2.24) is 15.6 Å². The average molecular weight is 395 g/mol. The molecule has 0 bridgehead atoms. The first kappa shape index (κ1) is 21.5. The molecule has 1 aliphatic heterocycles. The fourth-order valence-corrected chi connectivity index (χ4v) is 4.40. The summed E-state index contributed by atoms with van der Waals surface area (Å²) in [4.78, 5) is 17.0. The summed E-state index contributed by atoms with van der Waals surface area (Å²) in [6.45, 7) is 7.09. The number of nitrogens with zero attached hydrogens (tertiary/aromatic N) is 1. The standard InChI is InChI=1S/C24H34N4O/c1-18-3-4-19(2)22(17-18)24(23(25)29,11-5-20-6-12-26-13-7-20)28-16-10-21-8-14-27-15-9-21/h3-4,6-7,12-13,17,21,27-28H,5,8-11,14-16H2,1-2H3,(H2,25,29).